The summed E-state index contributed by atoms with van der Waals surface area (Å²) in [6.07, 6.45) is 0. The number of anilines is 1. The summed E-state index contributed by atoms with van der Waals surface area (Å²) in [5.74, 6) is -3.17. The molecule has 1 unspecified atom stereocenters. The lowest BCUT2D eigenvalue weighted by Crippen LogP contribution is -2.28. The van der Waals surface area contributed by atoms with Crippen LogP contribution in [-0.4, -0.2) is 5.91 Å². The monoisotopic (exact) mass is 280 g/mol. The van der Waals surface area contributed by atoms with Crippen LogP contribution in [0, 0.1) is 17.5 Å². The highest BCUT2D eigenvalue weighted by Gasteiger charge is 2.20. The van der Waals surface area contributed by atoms with Gasteiger partial charge >= 0.3 is 0 Å². The molecule has 20 heavy (non-hydrogen) atoms. The van der Waals surface area contributed by atoms with E-state index in [0.29, 0.717) is 6.07 Å². The van der Waals surface area contributed by atoms with Crippen molar-refractivity contribution in [1.29, 1.82) is 0 Å². The first kappa shape index (κ1) is 13.9. The van der Waals surface area contributed by atoms with Crippen LogP contribution in [0.4, 0.5) is 18.9 Å². The number of hydrogen-bond donors (Lipinski definition) is 2. The van der Waals surface area contributed by atoms with Crippen molar-refractivity contribution in [2.45, 2.75) is 6.04 Å². The quantitative estimate of drug-likeness (QED) is 0.904. The highest BCUT2D eigenvalue weighted by molar-refractivity contribution is 5.84. The number of benzene rings is 2. The maximum Gasteiger partial charge on any atom is 0.244 e. The Morgan fingerprint density at radius 2 is 1.65 bits per heavy atom. The van der Waals surface area contributed by atoms with E-state index >= 15 is 0 Å². The minimum absolute atomic E-state index is 0.0148. The molecule has 1 atom stereocenters. The molecular weight excluding hydrogens is 269 g/mol. The van der Waals surface area contributed by atoms with E-state index < -0.39 is 29.4 Å². The zero-order valence-corrected chi connectivity index (χ0v) is 10.2. The summed E-state index contributed by atoms with van der Waals surface area (Å²) in [5.41, 5.74) is 5.20. The van der Waals surface area contributed by atoms with Crippen molar-refractivity contribution in [3.63, 3.8) is 0 Å². The average molecular weight is 280 g/mol. The number of rotatable bonds is 4. The molecular formula is C14H11F3N2O. The summed E-state index contributed by atoms with van der Waals surface area (Å²) in [5, 5.41) is 2.53. The van der Waals surface area contributed by atoms with Gasteiger partial charge in [0.05, 0.1) is 5.69 Å². The van der Waals surface area contributed by atoms with Crippen LogP contribution in [0.2, 0.25) is 0 Å². The van der Waals surface area contributed by atoms with E-state index in [9.17, 15) is 18.0 Å². The van der Waals surface area contributed by atoms with Crippen molar-refractivity contribution in [2.75, 3.05) is 5.32 Å². The summed E-state index contributed by atoms with van der Waals surface area (Å²) in [6, 6.07) is 6.96. The molecule has 0 saturated heterocycles. The van der Waals surface area contributed by atoms with Crippen molar-refractivity contribution in [2.24, 2.45) is 5.73 Å². The number of nitrogens with one attached hydrogen (secondary N) is 1. The van der Waals surface area contributed by atoms with Crippen molar-refractivity contribution in [3.05, 3.63) is 65.5 Å². The molecule has 3 nitrogen and oxygen atoms in total. The number of primary amides is 1. The number of nitrogens with two attached hydrogens (primary N) is 1. The van der Waals surface area contributed by atoms with E-state index in [1.54, 1.807) is 6.07 Å². The van der Waals surface area contributed by atoms with Crippen LogP contribution in [0.1, 0.15) is 11.6 Å². The fraction of sp³-hybridized carbons (Fsp3) is 0.0714. The maximum atomic E-state index is 13.5. The first-order valence-electron chi connectivity index (χ1n) is 5.74. The van der Waals surface area contributed by atoms with Gasteiger partial charge in [-0.25, -0.2) is 13.2 Å². The van der Waals surface area contributed by atoms with Crippen LogP contribution < -0.4 is 11.1 Å². The van der Waals surface area contributed by atoms with Gasteiger partial charge in [-0.15, -0.1) is 0 Å². The molecule has 0 aliphatic heterocycles. The van der Waals surface area contributed by atoms with Crippen LogP contribution >= 0.6 is 0 Å². The molecule has 0 fully saturated rings. The normalized spacial score (nSPS) is 11.9. The fourth-order valence-corrected chi connectivity index (χ4v) is 1.79. The van der Waals surface area contributed by atoms with Gasteiger partial charge in [0.1, 0.15) is 23.5 Å². The highest BCUT2D eigenvalue weighted by Crippen LogP contribution is 2.23. The summed E-state index contributed by atoms with van der Waals surface area (Å²) >= 11 is 0. The summed E-state index contributed by atoms with van der Waals surface area (Å²) in [6.45, 7) is 0. The molecule has 2 aromatic rings. The largest absolute Gasteiger partial charge is 0.368 e. The number of carbonyl (C=O) groups is 1. The molecule has 3 N–H and O–H groups in total. The molecule has 0 bridgehead atoms. The number of amides is 1. The number of para-hydroxylation sites is 1. The fourth-order valence-electron chi connectivity index (χ4n) is 1.79. The Balaban J connectivity index is 2.37. The smallest absolute Gasteiger partial charge is 0.244 e. The standard InChI is InChI=1S/C14H11F3N2O/c15-9-5-8(6-10(16)7-9)13(14(18)20)19-12-4-2-1-3-11(12)17/h1-7,13,19H,(H2,18,20). The average Bonchev–Trinajstić information content (AvgIpc) is 2.36. The van der Waals surface area contributed by atoms with Crippen molar-refractivity contribution < 1.29 is 18.0 Å². The molecule has 0 heterocycles. The second kappa shape index (κ2) is 5.64. The Labute approximate surface area is 113 Å². The zero-order chi connectivity index (χ0) is 14.7. The van der Waals surface area contributed by atoms with Gasteiger partial charge in [-0.05, 0) is 29.8 Å². The Morgan fingerprint density at radius 3 is 2.20 bits per heavy atom. The Morgan fingerprint density at radius 1 is 1.05 bits per heavy atom. The lowest BCUT2D eigenvalue weighted by molar-refractivity contribution is -0.118. The molecule has 1 amide bonds. The molecule has 0 radical (unpaired) electrons. The van der Waals surface area contributed by atoms with Crippen LogP contribution in [0.5, 0.6) is 0 Å². The van der Waals surface area contributed by atoms with Crippen LogP contribution in [-0.2, 0) is 4.79 Å². The predicted molar refractivity (Wildman–Crippen MR) is 68.3 cm³/mol. The molecule has 0 aromatic heterocycles. The Kier molecular flexibility index (Phi) is 3.93. The van der Waals surface area contributed by atoms with Gasteiger partial charge in [0.25, 0.3) is 0 Å². The van der Waals surface area contributed by atoms with Gasteiger partial charge < -0.3 is 11.1 Å². The van der Waals surface area contributed by atoms with Crippen LogP contribution in [0.3, 0.4) is 0 Å². The summed E-state index contributed by atoms with van der Waals surface area (Å²) in [4.78, 5) is 11.4. The third-order valence-electron chi connectivity index (χ3n) is 2.68. The first-order valence-corrected chi connectivity index (χ1v) is 5.74. The minimum Gasteiger partial charge on any atom is -0.368 e. The predicted octanol–water partition coefficient (Wildman–Crippen LogP) is 2.74. The van der Waals surface area contributed by atoms with Gasteiger partial charge in [-0.2, -0.15) is 0 Å². The van der Waals surface area contributed by atoms with Crippen molar-refractivity contribution in [1.82, 2.24) is 0 Å². The third-order valence-corrected chi connectivity index (χ3v) is 2.68. The van der Waals surface area contributed by atoms with Crippen molar-refractivity contribution in [3.8, 4) is 0 Å². The van der Waals surface area contributed by atoms with E-state index in [1.807, 2.05) is 0 Å². The lowest BCUT2D eigenvalue weighted by atomic mass is 10.1. The second-order valence-electron chi connectivity index (χ2n) is 4.16. The number of carbonyl (C=O) groups excluding carboxylic acids is 1. The van der Waals surface area contributed by atoms with Crippen LogP contribution in [0.15, 0.2) is 42.5 Å². The lowest BCUT2D eigenvalue weighted by Gasteiger charge is -2.17. The Bertz CT molecular complexity index is 626. The molecule has 6 heteroatoms. The summed E-state index contributed by atoms with van der Waals surface area (Å²) in [7, 11) is 0. The van der Waals surface area contributed by atoms with Gasteiger partial charge in [-0.1, -0.05) is 12.1 Å². The minimum atomic E-state index is -1.24. The molecule has 104 valence electrons. The second-order valence-corrected chi connectivity index (χ2v) is 4.16. The molecule has 2 rings (SSSR count). The van der Waals surface area contributed by atoms with Gasteiger partial charge in [-0.3, -0.25) is 4.79 Å². The molecule has 0 spiro atoms. The van der Waals surface area contributed by atoms with Crippen molar-refractivity contribution >= 4 is 11.6 Å². The van der Waals surface area contributed by atoms with Gasteiger partial charge in [0.2, 0.25) is 5.91 Å². The van der Waals surface area contributed by atoms with E-state index in [-0.39, 0.29) is 11.3 Å². The van der Waals surface area contributed by atoms with E-state index in [1.165, 1.54) is 18.2 Å². The molecule has 0 saturated carbocycles. The zero-order valence-electron chi connectivity index (χ0n) is 10.2. The van der Waals surface area contributed by atoms with Crippen LogP contribution in [0.25, 0.3) is 0 Å². The SMILES string of the molecule is NC(=O)C(Nc1ccccc1F)c1cc(F)cc(F)c1. The highest BCUT2D eigenvalue weighted by atomic mass is 19.1. The number of hydrogen-bond acceptors (Lipinski definition) is 2. The summed E-state index contributed by atoms with van der Waals surface area (Å²) < 4.78 is 39.9. The molecule has 0 aliphatic rings. The van der Waals surface area contributed by atoms with Gasteiger partial charge in [0, 0.05) is 6.07 Å². The Hall–Kier alpha value is -2.50. The molecule has 2 aromatic carbocycles. The van der Waals surface area contributed by atoms with E-state index in [0.717, 1.165) is 12.1 Å². The maximum absolute atomic E-state index is 13.5. The van der Waals surface area contributed by atoms with E-state index in [2.05, 4.69) is 5.32 Å². The topological polar surface area (TPSA) is 55.1 Å². The molecule has 0 aliphatic carbocycles. The van der Waals surface area contributed by atoms with E-state index in [4.69, 9.17) is 5.73 Å². The first-order chi connectivity index (χ1) is 9.47. The number of halogens is 3. The van der Waals surface area contributed by atoms with Gasteiger partial charge in [0.15, 0.2) is 0 Å². The third kappa shape index (κ3) is 3.09.